The Kier molecular flexibility index (Phi) is 4.20. The lowest BCUT2D eigenvalue weighted by molar-refractivity contribution is -0.132. The molecule has 0 aromatic rings. The van der Waals surface area contributed by atoms with Gasteiger partial charge in [-0.2, -0.15) is 0 Å². The van der Waals surface area contributed by atoms with E-state index in [0.29, 0.717) is 0 Å². The molecule has 0 radical (unpaired) electrons. The lowest BCUT2D eigenvalue weighted by atomic mass is 10.1. The van der Waals surface area contributed by atoms with Crippen LogP contribution in [0.4, 0.5) is 0 Å². The van der Waals surface area contributed by atoms with E-state index < -0.39 is 24.4 Å². The van der Waals surface area contributed by atoms with Gasteiger partial charge in [0.25, 0.3) is 0 Å². The van der Waals surface area contributed by atoms with Crippen LogP contribution in [0.2, 0.25) is 0 Å². The first-order valence-corrected chi connectivity index (χ1v) is 3.18. The summed E-state index contributed by atoms with van der Waals surface area (Å²) in [6, 6.07) is 0. The molecular weight excluding hydrogens is 153 g/mol. The fraction of sp³-hybridized carbons (Fsp3) is 0.833. The Hall–Kier alpha value is -0.490. The van der Waals surface area contributed by atoms with Crippen molar-refractivity contribution < 1.29 is 25.2 Å². The molecule has 5 nitrogen and oxygen atoms in total. The Morgan fingerprint density at radius 2 is 1.55 bits per heavy atom. The smallest absolute Gasteiger partial charge is 0.151 e. The molecule has 0 aromatic heterocycles. The monoisotopic (exact) mass is 165 g/mol. The minimum atomic E-state index is -1.65. The number of aliphatic hydroxyl groups excluding tert-OH is 4. The zero-order valence-corrected chi connectivity index (χ0v) is 6.08. The van der Waals surface area contributed by atoms with E-state index in [4.69, 9.17) is 20.4 Å². The third-order valence-electron chi connectivity index (χ3n) is 1.33. The SMILES string of the molecule is C[C@H](O)[C@H](O)[C@@H](O)[C@@H](O)[13CH]=O. The number of aldehydes is 1. The maximum atomic E-state index is 9.87. The lowest BCUT2D eigenvalue weighted by Crippen LogP contribution is -2.43. The molecule has 0 aliphatic carbocycles. The van der Waals surface area contributed by atoms with Crippen LogP contribution in [-0.2, 0) is 4.79 Å². The third kappa shape index (κ3) is 2.94. The topological polar surface area (TPSA) is 98.0 Å². The Bertz CT molecular complexity index is 124. The lowest BCUT2D eigenvalue weighted by Gasteiger charge is -2.21. The van der Waals surface area contributed by atoms with Gasteiger partial charge in [-0.25, -0.2) is 0 Å². The Balaban J connectivity index is 4.00. The van der Waals surface area contributed by atoms with E-state index in [1.807, 2.05) is 0 Å². The van der Waals surface area contributed by atoms with Crippen molar-refractivity contribution in [1.29, 1.82) is 0 Å². The number of hydrogen-bond acceptors (Lipinski definition) is 5. The summed E-state index contributed by atoms with van der Waals surface area (Å²) in [7, 11) is 0. The second kappa shape index (κ2) is 4.40. The first-order valence-electron chi connectivity index (χ1n) is 3.18. The molecule has 0 amide bonds. The van der Waals surface area contributed by atoms with Crippen molar-refractivity contribution >= 4 is 6.29 Å². The molecule has 0 unspecified atom stereocenters. The fourth-order valence-corrected chi connectivity index (χ4v) is 0.568. The van der Waals surface area contributed by atoms with Crippen LogP contribution in [0.1, 0.15) is 6.92 Å². The van der Waals surface area contributed by atoms with Crippen molar-refractivity contribution in [2.24, 2.45) is 0 Å². The highest BCUT2D eigenvalue weighted by molar-refractivity contribution is 5.56. The van der Waals surface area contributed by atoms with Gasteiger partial charge in [0.05, 0.1) is 6.10 Å². The average molecular weight is 165 g/mol. The van der Waals surface area contributed by atoms with Crippen LogP contribution in [0.15, 0.2) is 0 Å². The molecule has 0 aliphatic rings. The zero-order chi connectivity index (χ0) is 9.02. The number of hydrogen-bond donors (Lipinski definition) is 4. The maximum absolute atomic E-state index is 9.87. The molecule has 0 aromatic carbocycles. The highest BCUT2D eigenvalue weighted by Gasteiger charge is 2.27. The predicted octanol–water partition coefficient (Wildman–Crippen LogP) is -2.35. The zero-order valence-electron chi connectivity index (χ0n) is 6.08. The van der Waals surface area contributed by atoms with Gasteiger partial charge < -0.3 is 25.2 Å². The van der Waals surface area contributed by atoms with Gasteiger partial charge in [-0.1, -0.05) is 0 Å². The number of rotatable bonds is 4. The Labute approximate surface area is 63.9 Å². The second-order valence-corrected chi connectivity index (χ2v) is 2.35. The van der Waals surface area contributed by atoms with Crippen molar-refractivity contribution in [1.82, 2.24) is 0 Å². The molecule has 4 atom stereocenters. The predicted molar refractivity (Wildman–Crippen MR) is 35.8 cm³/mol. The van der Waals surface area contributed by atoms with Crippen LogP contribution in [0.25, 0.3) is 0 Å². The summed E-state index contributed by atoms with van der Waals surface area (Å²) in [6.45, 7) is 1.24. The molecule has 11 heavy (non-hydrogen) atoms. The summed E-state index contributed by atoms with van der Waals surface area (Å²) < 4.78 is 0. The van der Waals surface area contributed by atoms with Crippen molar-refractivity contribution in [3.63, 3.8) is 0 Å². The quantitative estimate of drug-likeness (QED) is 0.276. The van der Waals surface area contributed by atoms with Crippen molar-refractivity contribution in [2.75, 3.05) is 0 Å². The number of carbonyl (C=O) groups is 1. The van der Waals surface area contributed by atoms with Crippen LogP contribution in [0.3, 0.4) is 0 Å². The number of carbonyl (C=O) groups excluding carboxylic acids is 1. The second-order valence-electron chi connectivity index (χ2n) is 2.35. The van der Waals surface area contributed by atoms with E-state index in [0.717, 1.165) is 0 Å². The molecule has 0 rings (SSSR count). The van der Waals surface area contributed by atoms with Crippen molar-refractivity contribution in [3.8, 4) is 0 Å². The van der Waals surface area contributed by atoms with Crippen molar-refractivity contribution in [3.05, 3.63) is 0 Å². The van der Waals surface area contributed by atoms with Gasteiger partial charge in [0.1, 0.15) is 18.3 Å². The summed E-state index contributed by atoms with van der Waals surface area (Å²) in [5.74, 6) is 0. The van der Waals surface area contributed by atoms with Gasteiger partial charge in [-0.15, -0.1) is 0 Å². The molecule has 5 heteroatoms. The number of aliphatic hydroxyl groups is 4. The normalized spacial score (nSPS) is 21.9. The Morgan fingerprint density at radius 3 is 1.82 bits per heavy atom. The molecule has 0 fully saturated rings. The summed E-state index contributed by atoms with van der Waals surface area (Å²) in [5, 5.41) is 35.1. The molecule has 0 aliphatic heterocycles. The standard InChI is InChI=1S/C6H12O5/c1-3(8)5(10)6(11)4(9)2-7/h2-6,8-11H,1H3/t3-,4-,5-,6-/m0/s1/i2+1. The molecule has 0 spiro atoms. The molecule has 0 saturated carbocycles. The molecule has 4 N–H and O–H groups in total. The maximum Gasteiger partial charge on any atom is 0.151 e. The Morgan fingerprint density at radius 1 is 1.09 bits per heavy atom. The minimum Gasteiger partial charge on any atom is -0.391 e. The van der Waals surface area contributed by atoms with Gasteiger partial charge >= 0.3 is 0 Å². The van der Waals surface area contributed by atoms with Gasteiger partial charge in [-0.05, 0) is 6.92 Å². The molecule has 66 valence electrons. The highest BCUT2D eigenvalue weighted by atomic mass is 16.4. The largest absolute Gasteiger partial charge is 0.391 e. The summed E-state index contributed by atoms with van der Waals surface area (Å²) >= 11 is 0. The van der Waals surface area contributed by atoms with Crippen LogP contribution >= 0.6 is 0 Å². The fourth-order valence-electron chi connectivity index (χ4n) is 0.568. The van der Waals surface area contributed by atoms with E-state index in [1.165, 1.54) is 6.92 Å². The van der Waals surface area contributed by atoms with Gasteiger partial charge in [0, 0.05) is 0 Å². The third-order valence-corrected chi connectivity index (χ3v) is 1.33. The van der Waals surface area contributed by atoms with E-state index in [2.05, 4.69) is 0 Å². The molecule has 0 bridgehead atoms. The highest BCUT2D eigenvalue weighted by Crippen LogP contribution is 2.02. The average Bonchev–Trinajstić information content (AvgIpc) is 2.00. The first kappa shape index (κ1) is 10.5. The van der Waals surface area contributed by atoms with Gasteiger partial charge in [0.2, 0.25) is 0 Å². The van der Waals surface area contributed by atoms with Crippen LogP contribution in [0, 0.1) is 0 Å². The molecule has 0 heterocycles. The molecule has 0 saturated heterocycles. The van der Waals surface area contributed by atoms with Gasteiger partial charge in [0.15, 0.2) is 6.29 Å². The van der Waals surface area contributed by atoms with Gasteiger partial charge in [-0.3, -0.25) is 0 Å². The van der Waals surface area contributed by atoms with E-state index in [1.54, 1.807) is 0 Å². The van der Waals surface area contributed by atoms with Crippen LogP contribution in [-0.4, -0.2) is 51.1 Å². The summed E-state index contributed by atoms with van der Waals surface area (Å²) in [5.41, 5.74) is 0. The van der Waals surface area contributed by atoms with Crippen molar-refractivity contribution in [2.45, 2.75) is 31.3 Å². The summed E-state index contributed by atoms with van der Waals surface area (Å²) in [4.78, 5) is 9.87. The van der Waals surface area contributed by atoms with Crippen LogP contribution < -0.4 is 0 Å². The van der Waals surface area contributed by atoms with E-state index in [9.17, 15) is 4.79 Å². The molecular formula is C6H12O5. The van der Waals surface area contributed by atoms with E-state index >= 15 is 0 Å². The van der Waals surface area contributed by atoms with Crippen LogP contribution in [0.5, 0.6) is 0 Å². The summed E-state index contributed by atoms with van der Waals surface area (Å²) in [6.07, 6.45) is -5.88. The van der Waals surface area contributed by atoms with E-state index in [-0.39, 0.29) is 6.29 Å². The first-order chi connectivity index (χ1) is 5.00. The minimum absolute atomic E-state index is 0.0935.